The molecule has 0 aromatic carbocycles. The van der Waals surface area contributed by atoms with Crippen molar-refractivity contribution in [3.8, 4) is 0 Å². The predicted molar refractivity (Wildman–Crippen MR) is 44.2 cm³/mol. The van der Waals surface area contributed by atoms with Crippen molar-refractivity contribution in [2.75, 3.05) is 0 Å². The molecule has 0 aliphatic heterocycles. The van der Waals surface area contributed by atoms with E-state index in [-0.39, 0.29) is 5.92 Å². The van der Waals surface area contributed by atoms with Crippen LogP contribution in [0.2, 0.25) is 0 Å². The van der Waals surface area contributed by atoms with Gasteiger partial charge < -0.3 is 0 Å². The minimum absolute atomic E-state index is 0.0486. The van der Waals surface area contributed by atoms with Crippen molar-refractivity contribution in [1.29, 1.82) is 0 Å². The van der Waals surface area contributed by atoms with Gasteiger partial charge in [0.2, 0.25) is 0 Å². The molecule has 0 saturated heterocycles. The van der Waals surface area contributed by atoms with Gasteiger partial charge in [-0.1, -0.05) is 13.8 Å². The van der Waals surface area contributed by atoms with Gasteiger partial charge in [-0.25, -0.2) is 0 Å². The highest BCUT2D eigenvalue weighted by Gasteiger charge is 2.72. The highest BCUT2D eigenvalue weighted by atomic mass is 19.4. The molecule has 0 radical (unpaired) electrons. The van der Waals surface area contributed by atoms with Crippen molar-refractivity contribution >= 4 is 0 Å². The van der Waals surface area contributed by atoms with Crippen LogP contribution in [0.5, 0.6) is 0 Å². The van der Waals surface area contributed by atoms with Crippen LogP contribution >= 0.6 is 0 Å². The van der Waals surface area contributed by atoms with E-state index in [9.17, 15) is 13.2 Å². The van der Waals surface area contributed by atoms with Crippen LogP contribution in [0.25, 0.3) is 0 Å². The fourth-order valence-corrected chi connectivity index (χ4v) is 3.11. The molecule has 13 heavy (non-hydrogen) atoms. The predicted octanol–water partition coefficient (Wildman–Crippen LogP) is 3.62. The molecule has 2 saturated carbocycles. The third-order valence-electron chi connectivity index (χ3n) is 4.15. The molecule has 76 valence electrons. The van der Waals surface area contributed by atoms with Crippen molar-refractivity contribution in [3.63, 3.8) is 0 Å². The van der Waals surface area contributed by atoms with Crippen LogP contribution in [0, 0.1) is 23.2 Å². The van der Waals surface area contributed by atoms with E-state index in [1.165, 1.54) is 0 Å². The van der Waals surface area contributed by atoms with Gasteiger partial charge in [-0.2, -0.15) is 13.2 Å². The Morgan fingerprint density at radius 2 is 1.92 bits per heavy atom. The Bertz CT molecular complexity index is 219. The second kappa shape index (κ2) is 2.43. The molecule has 0 N–H and O–H groups in total. The molecular weight excluding hydrogens is 177 g/mol. The Balaban J connectivity index is 2.08. The summed E-state index contributed by atoms with van der Waals surface area (Å²) in [6, 6.07) is 0. The van der Waals surface area contributed by atoms with Gasteiger partial charge >= 0.3 is 6.18 Å². The molecule has 0 aromatic rings. The summed E-state index contributed by atoms with van der Waals surface area (Å²) >= 11 is 0. The van der Waals surface area contributed by atoms with Crippen molar-refractivity contribution < 1.29 is 13.2 Å². The first kappa shape index (κ1) is 9.35. The van der Waals surface area contributed by atoms with Gasteiger partial charge in [-0.3, -0.25) is 0 Å². The first-order chi connectivity index (χ1) is 5.88. The summed E-state index contributed by atoms with van der Waals surface area (Å²) in [5.74, 6) is 0.698. The Hall–Kier alpha value is -0.210. The van der Waals surface area contributed by atoms with Crippen LogP contribution in [0.1, 0.15) is 33.1 Å². The smallest absolute Gasteiger partial charge is 0.170 e. The summed E-state index contributed by atoms with van der Waals surface area (Å²) < 4.78 is 37.9. The Kier molecular flexibility index (Phi) is 1.74. The van der Waals surface area contributed by atoms with E-state index in [0.717, 1.165) is 6.42 Å². The summed E-state index contributed by atoms with van der Waals surface area (Å²) in [6.07, 6.45) is -2.38. The maximum Gasteiger partial charge on any atom is 0.394 e. The van der Waals surface area contributed by atoms with Gasteiger partial charge in [0.1, 0.15) is 0 Å². The lowest BCUT2D eigenvalue weighted by Gasteiger charge is -2.64. The maximum absolute atomic E-state index is 12.6. The summed E-state index contributed by atoms with van der Waals surface area (Å²) in [7, 11) is 0. The zero-order valence-corrected chi connectivity index (χ0v) is 7.99. The van der Waals surface area contributed by atoms with E-state index in [0.29, 0.717) is 24.7 Å². The zero-order valence-electron chi connectivity index (χ0n) is 7.99. The molecular formula is C10H15F3. The Labute approximate surface area is 76.5 Å². The summed E-state index contributed by atoms with van der Waals surface area (Å²) in [4.78, 5) is 0. The van der Waals surface area contributed by atoms with Crippen LogP contribution in [0.15, 0.2) is 0 Å². The number of alkyl halides is 3. The number of rotatable bonds is 1. The van der Waals surface area contributed by atoms with E-state index < -0.39 is 11.6 Å². The normalized spacial score (nSPS) is 43.8. The minimum Gasteiger partial charge on any atom is -0.170 e. The molecule has 2 fully saturated rings. The molecule has 0 nitrogen and oxygen atoms in total. The molecule has 0 aromatic heterocycles. The molecule has 3 atom stereocenters. The summed E-state index contributed by atoms with van der Waals surface area (Å²) in [5, 5.41) is 0. The van der Waals surface area contributed by atoms with Gasteiger partial charge in [0, 0.05) is 0 Å². The number of fused-ring (bicyclic) bond motifs is 1. The van der Waals surface area contributed by atoms with E-state index in [2.05, 4.69) is 0 Å². The van der Waals surface area contributed by atoms with Crippen molar-refractivity contribution in [2.45, 2.75) is 39.3 Å². The highest BCUT2D eigenvalue weighted by Crippen LogP contribution is 2.72. The Morgan fingerprint density at radius 1 is 1.31 bits per heavy atom. The first-order valence-corrected chi connectivity index (χ1v) is 4.95. The lowest BCUT2D eigenvalue weighted by Crippen LogP contribution is -2.64. The van der Waals surface area contributed by atoms with Gasteiger partial charge in [-0.05, 0) is 37.0 Å². The largest absolute Gasteiger partial charge is 0.394 e. The van der Waals surface area contributed by atoms with Gasteiger partial charge in [0.05, 0.1) is 5.41 Å². The fourth-order valence-electron chi connectivity index (χ4n) is 3.11. The lowest BCUT2D eigenvalue weighted by molar-refractivity contribution is -0.336. The van der Waals surface area contributed by atoms with Crippen LogP contribution in [0.4, 0.5) is 13.2 Å². The molecule has 2 rings (SSSR count). The molecule has 2 aliphatic carbocycles. The molecule has 0 bridgehead atoms. The minimum atomic E-state index is -3.94. The van der Waals surface area contributed by atoms with Gasteiger partial charge in [0.25, 0.3) is 0 Å². The molecule has 3 heteroatoms. The molecule has 0 heterocycles. The Morgan fingerprint density at radius 3 is 2.15 bits per heavy atom. The third kappa shape index (κ3) is 0.990. The summed E-state index contributed by atoms with van der Waals surface area (Å²) in [5.41, 5.74) is -1.25. The number of hydrogen-bond acceptors (Lipinski definition) is 0. The maximum atomic E-state index is 12.6. The second-order valence-corrected chi connectivity index (χ2v) is 4.91. The second-order valence-electron chi connectivity index (χ2n) is 4.91. The van der Waals surface area contributed by atoms with E-state index >= 15 is 0 Å². The monoisotopic (exact) mass is 192 g/mol. The van der Waals surface area contributed by atoms with E-state index in [1.807, 2.05) is 13.8 Å². The molecule has 0 spiro atoms. The topological polar surface area (TPSA) is 0 Å². The first-order valence-electron chi connectivity index (χ1n) is 4.95. The SMILES string of the molecule is CC(C)C1CC2(C(F)(F)F)CCC12. The van der Waals surface area contributed by atoms with Crippen LogP contribution in [0.3, 0.4) is 0 Å². The lowest BCUT2D eigenvalue weighted by atomic mass is 9.40. The quantitative estimate of drug-likeness (QED) is 0.595. The standard InChI is InChI=1S/C10H15F3/c1-6(2)7-5-9(10(11,12)13)4-3-8(7)9/h6-8H,3-5H2,1-2H3. The molecule has 0 amide bonds. The van der Waals surface area contributed by atoms with Crippen LogP contribution in [-0.2, 0) is 0 Å². The van der Waals surface area contributed by atoms with Crippen molar-refractivity contribution in [2.24, 2.45) is 23.2 Å². The number of hydrogen-bond donors (Lipinski definition) is 0. The molecule has 2 aliphatic rings. The van der Waals surface area contributed by atoms with Crippen LogP contribution < -0.4 is 0 Å². The molecule has 3 unspecified atom stereocenters. The van der Waals surface area contributed by atoms with E-state index in [4.69, 9.17) is 0 Å². The highest BCUT2D eigenvalue weighted by molar-refractivity contribution is 5.12. The third-order valence-corrected chi connectivity index (χ3v) is 4.15. The number of halogens is 3. The van der Waals surface area contributed by atoms with Gasteiger partial charge in [0.15, 0.2) is 0 Å². The summed E-state index contributed by atoms with van der Waals surface area (Å²) in [6.45, 7) is 4.06. The van der Waals surface area contributed by atoms with Gasteiger partial charge in [-0.15, -0.1) is 0 Å². The zero-order chi connectivity index (χ0) is 9.85. The van der Waals surface area contributed by atoms with Crippen molar-refractivity contribution in [1.82, 2.24) is 0 Å². The van der Waals surface area contributed by atoms with Crippen LogP contribution in [-0.4, -0.2) is 6.18 Å². The van der Waals surface area contributed by atoms with Crippen molar-refractivity contribution in [3.05, 3.63) is 0 Å². The van der Waals surface area contributed by atoms with E-state index in [1.54, 1.807) is 0 Å². The average Bonchev–Trinajstić information content (AvgIpc) is 1.91. The average molecular weight is 192 g/mol. The fraction of sp³-hybridized carbons (Fsp3) is 1.00.